The fourth-order valence-electron chi connectivity index (χ4n) is 3.36. The maximum atomic E-state index is 13.2. The molecule has 0 radical (unpaired) electrons. The maximum Gasteiger partial charge on any atom is 0.263 e. The number of hydrogen-bond donors (Lipinski definition) is 1. The second-order valence-electron chi connectivity index (χ2n) is 7.07. The van der Waals surface area contributed by atoms with Crippen molar-refractivity contribution < 1.29 is 8.42 Å². The van der Waals surface area contributed by atoms with E-state index in [2.05, 4.69) is 9.82 Å². The third kappa shape index (κ3) is 3.80. The van der Waals surface area contributed by atoms with Crippen molar-refractivity contribution in [3.8, 4) is 0 Å². The predicted molar refractivity (Wildman–Crippen MR) is 114 cm³/mol. The number of nitrogens with one attached hydrogen (secondary N) is 1. The zero-order valence-electron chi connectivity index (χ0n) is 16.7. The van der Waals surface area contributed by atoms with Crippen molar-refractivity contribution in [2.24, 2.45) is 0 Å². The highest BCUT2D eigenvalue weighted by molar-refractivity contribution is 7.92. The van der Waals surface area contributed by atoms with Crippen molar-refractivity contribution in [1.82, 2.24) is 9.78 Å². The second kappa shape index (κ2) is 7.60. The average molecular weight is 418 g/mol. The van der Waals surface area contributed by atoms with E-state index in [1.807, 2.05) is 65.0 Å². The summed E-state index contributed by atoms with van der Waals surface area (Å²) in [4.78, 5) is 0.293. The summed E-state index contributed by atoms with van der Waals surface area (Å²) >= 11 is 6.26. The van der Waals surface area contributed by atoms with Crippen molar-refractivity contribution in [3.05, 3.63) is 74.9 Å². The molecule has 3 aromatic rings. The highest BCUT2D eigenvalue weighted by Crippen LogP contribution is 2.31. The molecule has 5 nitrogen and oxygen atoms in total. The zero-order valence-corrected chi connectivity index (χ0v) is 18.2. The lowest BCUT2D eigenvalue weighted by Gasteiger charge is -2.18. The van der Waals surface area contributed by atoms with E-state index >= 15 is 0 Å². The number of halogens is 1. The Morgan fingerprint density at radius 1 is 0.929 bits per heavy atom. The summed E-state index contributed by atoms with van der Waals surface area (Å²) in [6, 6.07) is 9.78. The van der Waals surface area contributed by atoms with Crippen LogP contribution in [-0.2, 0) is 16.6 Å². The van der Waals surface area contributed by atoms with E-state index in [4.69, 9.17) is 11.6 Å². The van der Waals surface area contributed by atoms with Crippen LogP contribution in [0.25, 0.3) is 0 Å². The monoisotopic (exact) mass is 417 g/mol. The molecule has 0 bridgehead atoms. The Morgan fingerprint density at radius 2 is 1.46 bits per heavy atom. The van der Waals surface area contributed by atoms with Crippen LogP contribution in [0.5, 0.6) is 0 Å². The quantitative estimate of drug-likeness (QED) is 0.640. The first-order chi connectivity index (χ1) is 13.1. The average Bonchev–Trinajstić information content (AvgIpc) is 2.97. The van der Waals surface area contributed by atoms with Crippen molar-refractivity contribution in [2.45, 2.75) is 46.1 Å². The van der Waals surface area contributed by atoms with Crippen LogP contribution >= 0.6 is 11.6 Å². The summed E-state index contributed by atoms with van der Waals surface area (Å²) < 4.78 is 30.5. The SMILES string of the molecule is Cc1c(C)c(C)c(S(=O)(=O)Nc2nn(Cc3ccccc3)cc2Cl)c(C)c1C. The summed E-state index contributed by atoms with van der Waals surface area (Å²) in [5.41, 5.74) is 5.60. The minimum atomic E-state index is -3.83. The topological polar surface area (TPSA) is 64.0 Å². The van der Waals surface area contributed by atoms with E-state index in [0.29, 0.717) is 11.4 Å². The molecule has 0 saturated carbocycles. The Hall–Kier alpha value is -2.31. The van der Waals surface area contributed by atoms with Gasteiger partial charge in [-0.05, 0) is 68.0 Å². The van der Waals surface area contributed by atoms with Crippen LogP contribution in [-0.4, -0.2) is 18.2 Å². The molecule has 0 aliphatic carbocycles. The molecule has 28 heavy (non-hydrogen) atoms. The molecule has 0 spiro atoms. The number of rotatable bonds is 5. The molecule has 3 rings (SSSR count). The number of benzene rings is 2. The molecule has 2 aromatic carbocycles. The summed E-state index contributed by atoms with van der Waals surface area (Å²) in [6.45, 7) is 10.1. The lowest BCUT2D eigenvalue weighted by molar-refractivity contribution is 0.599. The molecule has 0 fully saturated rings. The summed E-state index contributed by atoms with van der Waals surface area (Å²) in [6.07, 6.45) is 1.62. The van der Waals surface area contributed by atoms with Gasteiger partial charge in [0.1, 0.15) is 5.02 Å². The van der Waals surface area contributed by atoms with Gasteiger partial charge in [0.25, 0.3) is 10.0 Å². The molecule has 148 valence electrons. The summed E-state index contributed by atoms with van der Waals surface area (Å²) in [5.74, 6) is 0.132. The standard InChI is InChI=1S/C21H24ClN3O2S/c1-13-14(2)16(4)20(17(5)15(13)3)28(26,27)24-21-19(22)12-25(23-21)11-18-9-7-6-8-10-18/h6-10,12H,11H2,1-5H3,(H,23,24). The lowest BCUT2D eigenvalue weighted by atomic mass is 9.95. The van der Waals surface area contributed by atoms with Gasteiger partial charge >= 0.3 is 0 Å². The van der Waals surface area contributed by atoms with Crippen LogP contribution in [0, 0.1) is 34.6 Å². The number of anilines is 1. The Morgan fingerprint density at radius 3 is 2.04 bits per heavy atom. The van der Waals surface area contributed by atoms with Gasteiger partial charge in [-0.15, -0.1) is 0 Å². The van der Waals surface area contributed by atoms with E-state index < -0.39 is 10.0 Å². The molecule has 0 saturated heterocycles. The van der Waals surface area contributed by atoms with E-state index in [1.165, 1.54) is 0 Å². The van der Waals surface area contributed by atoms with Crippen LogP contribution in [0.2, 0.25) is 5.02 Å². The van der Waals surface area contributed by atoms with Gasteiger partial charge < -0.3 is 0 Å². The normalized spacial score (nSPS) is 11.6. The largest absolute Gasteiger partial charge is 0.265 e. The van der Waals surface area contributed by atoms with Gasteiger partial charge in [0, 0.05) is 6.20 Å². The molecule has 0 aliphatic heterocycles. The molecule has 0 amide bonds. The Labute approximate surface area is 171 Å². The minimum Gasteiger partial charge on any atom is -0.265 e. The van der Waals surface area contributed by atoms with Gasteiger partial charge in [-0.25, -0.2) is 8.42 Å². The summed E-state index contributed by atoms with van der Waals surface area (Å²) in [7, 11) is -3.83. The molecule has 0 atom stereocenters. The predicted octanol–water partition coefficient (Wildman–Crippen LogP) is 4.93. The van der Waals surface area contributed by atoms with E-state index in [9.17, 15) is 8.42 Å². The van der Waals surface area contributed by atoms with Crippen LogP contribution in [0.1, 0.15) is 33.4 Å². The molecule has 0 aliphatic rings. The molecule has 0 unspecified atom stereocenters. The fourth-order valence-corrected chi connectivity index (χ4v) is 5.24. The van der Waals surface area contributed by atoms with E-state index in [1.54, 1.807) is 10.9 Å². The third-order valence-electron chi connectivity index (χ3n) is 5.34. The Balaban J connectivity index is 1.96. The summed E-state index contributed by atoms with van der Waals surface area (Å²) in [5, 5.41) is 4.59. The maximum absolute atomic E-state index is 13.2. The van der Waals surface area contributed by atoms with Gasteiger partial charge in [-0.3, -0.25) is 9.40 Å². The Bertz CT molecular complexity index is 1110. The van der Waals surface area contributed by atoms with E-state index in [0.717, 1.165) is 33.4 Å². The number of hydrogen-bond acceptors (Lipinski definition) is 3. The van der Waals surface area contributed by atoms with Gasteiger partial charge in [0.05, 0.1) is 11.4 Å². The Kier molecular flexibility index (Phi) is 5.55. The minimum absolute atomic E-state index is 0.132. The van der Waals surface area contributed by atoms with Crippen LogP contribution < -0.4 is 4.72 Å². The molecular formula is C21H24ClN3O2S. The molecule has 1 heterocycles. The first kappa shape index (κ1) is 20.4. The van der Waals surface area contributed by atoms with Crippen LogP contribution in [0.3, 0.4) is 0 Å². The van der Waals surface area contributed by atoms with Crippen molar-refractivity contribution in [3.63, 3.8) is 0 Å². The molecular weight excluding hydrogens is 394 g/mol. The number of sulfonamides is 1. The van der Waals surface area contributed by atoms with Crippen molar-refractivity contribution in [1.29, 1.82) is 0 Å². The first-order valence-electron chi connectivity index (χ1n) is 8.98. The van der Waals surface area contributed by atoms with Gasteiger partial charge in [-0.2, -0.15) is 5.10 Å². The second-order valence-corrected chi connectivity index (χ2v) is 9.09. The van der Waals surface area contributed by atoms with Crippen molar-refractivity contribution in [2.75, 3.05) is 4.72 Å². The zero-order chi connectivity index (χ0) is 20.6. The van der Waals surface area contributed by atoms with Gasteiger partial charge in [0.15, 0.2) is 5.82 Å². The number of nitrogens with zero attached hydrogens (tertiary/aromatic N) is 2. The van der Waals surface area contributed by atoms with Gasteiger partial charge in [-0.1, -0.05) is 41.9 Å². The smallest absolute Gasteiger partial charge is 0.263 e. The molecule has 1 aromatic heterocycles. The number of aromatic nitrogens is 2. The highest BCUT2D eigenvalue weighted by atomic mass is 35.5. The highest BCUT2D eigenvalue weighted by Gasteiger charge is 2.25. The van der Waals surface area contributed by atoms with Crippen LogP contribution in [0.15, 0.2) is 41.4 Å². The molecule has 1 N–H and O–H groups in total. The first-order valence-corrected chi connectivity index (χ1v) is 10.8. The van der Waals surface area contributed by atoms with E-state index in [-0.39, 0.29) is 10.8 Å². The van der Waals surface area contributed by atoms with Crippen LogP contribution in [0.4, 0.5) is 5.82 Å². The third-order valence-corrected chi connectivity index (χ3v) is 7.22. The van der Waals surface area contributed by atoms with Crippen molar-refractivity contribution >= 4 is 27.4 Å². The lowest BCUT2D eigenvalue weighted by Crippen LogP contribution is -2.18. The fraction of sp³-hybridized carbons (Fsp3) is 0.286. The molecule has 7 heteroatoms. The van der Waals surface area contributed by atoms with Gasteiger partial charge in [0.2, 0.25) is 0 Å².